The second-order valence-corrected chi connectivity index (χ2v) is 5.24. The Hall–Kier alpha value is -1.89. The van der Waals surface area contributed by atoms with Gasteiger partial charge in [-0.2, -0.15) is 0 Å². The van der Waals surface area contributed by atoms with Crippen LogP contribution in [-0.4, -0.2) is 50.8 Å². The van der Waals surface area contributed by atoms with Crippen LogP contribution in [0.15, 0.2) is 24.3 Å². The maximum atomic E-state index is 12.2. The minimum absolute atomic E-state index is 0.230. The number of rotatable bonds is 6. The van der Waals surface area contributed by atoms with Crippen LogP contribution >= 0.6 is 0 Å². The summed E-state index contributed by atoms with van der Waals surface area (Å²) in [6, 6.07) is 6.22. The number of urea groups is 1. The van der Waals surface area contributed by atoms with Crippen LogP contribution in [0.4, 0.5) is 19.3 Å². The Bertz CT molecular complexity index is 493. The first-order valence-electron chi connectivity index (χ1n) is 7.16. The van der Waals surface area contributed by atoms with Crippen LogP contribution in [0.1, 0.15) is 6.42 Å². The van der Waals surface area contributed by atoms with E-state index < -0.39 is 13.0 Å². The van der Waals surface area contributed by atoms with Crippen molar-refractivity contribution >= 4 is 11.7 Å². The molecule has 22 heavy (non-hydrogen) atoms. The van der Waals surface area contributed by atoms with Crippen LogP contribution in [0.3, 0.4) is 0 Å². The quantitative estimate of drug-likeness (QED) is 0.878. The van der Waals surface area contributed by atoms with Crippen LogP contribution in [-0.2, 0) is 4.74 Å². The molecule has 7 heteroatoms. The van der Waals surface area contributed by atoms with Crippen molar-refractivity contribution in [2.24, 2.45) is 5.92 Å². The van der Waals surface area contributed by atoms with Gasteiger partial charge in [0.1, 0.15) is 12.4 Å². The minimum atomic E-state index is -2.56. The summed E-state index contributed by atoms with van der Waals surface area (Å²) in [5.74, 6) is 0.565. The largest absolute Gasteiger partial charge is 0.485 e. The third kappa shape index (κ3) is 4.84. The molecule has 0 bridgehead atoms. The second kappa shape index (κ2) is 7.93. The number of benzene rings is 1. The number of anilines is 1. The molecule has 0 radical (unpaired) electrons. The lowest BCUT2D eigenvalue weighted by molar-refractivity contribution is 0.0822. The normalized spacial score (nSPS) is 17.5. The van der Waals surface area contributed by atoms with E-state index in [4.69, 9.17) is 9.47 Å². The molecular formula is C15H20F2N2O3. The van der Waals surface area contributed by atoms with Gasteiger partial charge in [-0.15, -0.1) is 0 Å². The highest BCUT2D eigenvalue weighted by Crippen LogP contribution is 2.24. The Morgan fingerprint density at radius 3 is 2.95 bits per heavy atom. The summed E-state index contributed by atoms with van der Waals surface area (Å²) in [6.07, 6.45) is -1.63. The van der Waals surface area contributed by atoms with Crippen LogP contribution in [0.5, 0.6) is 5.75 Å². The topological polar surface area (TPSA) is 50.8 Å². The molecule has 2 amide bonds. The number of nitrogens with one attached hydrogen (secondary N) is 1. The van der Waals surface area contributed by atoms with E-state index in [0.29, 0.717) is 24.8 Å². The fourth-order valence-electron chi connectivity index (χ4n) is 2.26. The zero-order valence-electron chi connectivity index (χ0n) is 12.4. The lowest BCUT2D eigenvalue weighted by Gasteiger charge is -2.21. The molecular weight excluding hydrogens is 294 g/mol. The van der Waals surface area contributed by atoms with E-state index in [-0.39, 0.29) is 11.8 Å². The standard InChI is InChI=1S/C15H20F2N2O3/c1-19(8-11-6-7-21-9-11)15(20)18-12-4-2-3-5-13(12)22-10-14(16)17/h2-5,11,14H,6-10H2,1H3,(H,18,20)/t11-/m0/s1. The average Bonchev–Trinajstić information content (AvgIpc) is 2.99. The Balaban J connectivity index is 1.92. The molecule has 0 aromatic heterocycles. The Morgan fingerprint density at radius 2 is 2.27 bits per heavy atom. The highest BCUT2D eigenvalue weighted by Gasteiger charge is 2.20. The molecule has 0 saturated carbocycles. The number of carbonyl (C=O) groups excluding carboxylic acids is 1. The van der Waals surface area contributed by atoms with Gasteiger partial charge in [0.15, 0.2) is 0 Å². The van der Waals surface area contributed by atoms with Crippen molar-refractivity contribution in [3.63, 3.8) is 0 Å². The van der Waals surface area contributed by atoms with E-state index >= 15 is 0 Å². The third-order valence-corrected chi connectivity index (χ3v) is 3.40. The molecule has 1 heterocycles. The van der Waals surface area contributed by atoms with Crippen LogP contribution in [0.2, 0.25) is 0 Å². The van der Waals surface area contributed by atoms with Gasteiger partial charge in [0, 0.05) is 26.1 Å². The molecule has 1 atom stereocenters. The maximum Gasteiger partial charge on any atom is 0.321 e. The molecule has 1 aliphatic heterocycles. The Kier molecular flexibility index (Phi) is 5.94. The molecule has 122 valence electrons. The van der Waals surface area contributed by atoms with Gasteiger partial charge in [-0.1, -0.05) is 12.1 Å². The van der Waals surface area contributed by atoms with Crippen molar-refractivity contribution in [3.05, 3.63) is 24.3 Å². The zero-order chi connectivity index (χ0) is 15.9. The molecule has 1 aromatic rings. The fraction of sp³-hybridized carbons (Fsp3) is 0.533. The summed E-state index contributed by atoms with van der Waals surface area (Å²) in [7, 11) is 1.69. The van der Waals surface area contributed by atoms with Gasteiger partial charge in [0.2, 0.25) is 0 Å². The smallest absolute Gasteiger partial charge is 0.321 e. The summed E-state index contributed by atoms with van der Waals surface area (Å²) in [6.45, 7) is 1.27. The molecule has 0 unspecified atom stereocenters. The average molecular weight is 314 g/mol. The summed E-state index contributed by atoms with van der Waals surface area (Å²) >= 11 is 0. The van der Waals surface area contributed by atoms with E-state index in [2.05, 4.69) is 5.32 Å². The number of hydrogen-bond acceptors (Lipinski definition) is 3. The highest BCUT2D eigenvalue weighted by atomic mass is 19.3. The predicted molar refractivity (Wildman–Crippen MR) is 78.5 cm³/mol. The molecule has 0 aliphatic carbocycles. The number of amides is 2. The first-order chi connectivity index (χ1) is 10.6. The van der Waals surface area contributed by atoms with Crippen molar-refractivity contribution in [2.75, 3.05) is 38.7 Å². The van der Waals surface area contributed by atoms with Crippen LogP contribution < -0.4 is 10.1 Å². The zero-order valence-corrected chi connectivity index (χ0v) is 12.4. The lowest BCUT2D eigenvalue weighted by atomic mass is 10.1. The number of halogens is 2. The minimum Gasteiger partial charge on any atom is -0.485 e. The Labute approximate surface area is 128 Å². The van der Waals surface area contributed by atoms with E-state index in [1.807, 2.05) is 0 Å². The van der Waals surface area contributed by atoms with Gasteiger partial charge >= 0.3 is 6.03 Å². The SMILES string of the molecule is CN(C[C@@H]1CCOC1)C(=O)Nc1ccccc1OCC(F)F. The van der Waals surface area contributed by atoms with E-state index in [9.17, 15) is 13.6 Å². The molecule has 1 fully saturated rings. The molecule has 1 saturated heterocycles. The van der Waals surface area contributed by atoms with Gasteiger partial charge in [-0.05, 0) is 18.6 Å². The van der Waals surface area contributed by atoms with E-state index in [0.717, 1.165) is 13.0 Å². The number of ether oxygens (including phenoxy) is 2. The van der Waals surface area contributed by atoms with Crippen molar-refractivity contribution in [2.45, 2.75) is 12.8 Å². The molecule has 2 rings (SSSR count). The molecule has 1 aliphatic rings. The second-order valence-electron chi connectivity index (χ2n) is 5.24. The van der Waals surface area contributed by atoms with Crippen molar-refractivity contribution < 1.29 is 23.0 Å². The maximum absolute atomic E-state index is 12.2. The predicted octanol–water partition coefficient (Wildman–Crippen LogP) is 2.83. The van der Waals surface area contributed by atoms with E-state index in [1.165, 1.54) is 0 Å². The van der Waals surface area contributed by atoms with Gasteiger partial charge in [0.05, 0.1) is 12.3 Å². The summed E-state index contributed by atoms with van der Waals surface area (Å²) in [4.78, 5) is 13.7. The number of nitrogens with zero attached hydrogens (tertiary/aromatic N) is 1. The summed E-state index contributed by atoms with van der Waals surface area (Å²) < 4.78 is 34.8. The Morgan fingerprint density at radius 1 is 1.50 bits per heavy atom. The molecule has 0 spiro atoms. The lowest BCUT2D eigenvalue weighted by Crippen LogP contribution is -2.35. The number of carbonyl (C=O) groups is 1. The van der Waals surface area contributed by atoms with Crippen molar-refractivity contribution in [3.8, 4) is 5.75 Å². The summed E-state index contributed by atoms with van der Waals surface area (Å²) in [5.41, 5.74) is 0.377. The van der Waals surface area contributed by atoms with Gasteiger partial charge in [-0.3, -0.25) is 0 Å². The van der Waals surface area contributed by atoms with Crippen LogP contribution in [0.25, 0.3) is 0 Å². The van der Waals surface area contributed by atoms with Gasteiger partial charge in [-0.25, -0.2) is 13.6 Å². The third-order valence-electron chi connectivity index (χ3n) is 3.40. The van der Waals surface area contributed by atoms with Crippen LogP contribution in [0, 0.1) is 5.92 Å². The number of alkyl halides is 2. The molecule has 5 nitrogen and oxygen atoms in total. The molecule has 1 N–H and O–H groups in total. The molecule has 1 aromatic carbocycles. The van der Waals surface area contributed by atoms with Gasteiger partial charge in [0.25, 0.3) is 6.43 Å². The summed E-state index contributed by atoms with van der Waals surface area (Å²) in [5, 5.41) is 2.68. The fourth-order valence-corrected chi connectivity index (χ4v) is 2.26. The monoisotopic (exact) mass is 314 g/mol. The van der Waals surface area contributed by atoms with Crippen molar-refractivity contribution in [1.29, 1.82) is 0 Å². The number of hydrogen-bond donors (Lipinski definition) is 1. The highest BCUT2D eigenvalue weighted by molar-refractivity contribution is 5.90. The van der Waals surface area contributed by atoms with E-state index in [1.54, 1.807) is 36.2 Å². The van der Waals surface area contributed by atoms with Gasteiger partial charge < -0.3 is 19.7 Å². The first-order valence-corrected chi connectivity index (χ1v) is 7.16. The number of para-hydroxylation sites is 2. The first kappa shape index (κ1) is 16.5. The van der Waals surface area contributed by atoms with Crippen molar-refractivity contribution in [1.82, 2.24) is 4.90 Å².